The highest BCUT2D eigenvalue weighted by Crippen LogP contribution is 2.15. The van der Waals surface area contributed by atoms with Gasteiger partial charge in [-0.15, -0.1) is 0 Å². The molecule has 0 saturated carbocycles. The van der Waals surface area contributed by atoms with E-state index in [2.05, 4.69) is 21.2 Å². The quantitative estimate of drug-likeness (QED) is 0.905. The Morgan fingerprint density at radius 2 is 2.06 bits per heavy atom. The summed E-state index contributed by atoms with van der Waals surface area (Å²) in [6.07, 6.45) is 1.57. The maximum atomic E-state index is 11.8. The van der Waals surface area contributed by atoms with Crippen LogP contribution in [0.25, 0.3) is 0 Å². The van der Waals surface area contributed by atoms with Gasteiger partial charge in [0, 0.05) is 26.1 Å². The molecule has 2 rings (SSSR count). The van der Waals surface area contributed by atoms with Gasteiger partial charge in [0.25, 0.3) is 5.91 Å². The molecule has 1 aromatic rings. The zero-order chi connectivity index (χ0) is 13.1. The van der Waals surface area contributed by atoms with E-state index in [1.165, 1.54) is 0 Å². The molecule has 1 aliphatic heterocycles. The van der Waals surface area contributed by atoms with E-state index in [0.717, 1.165) is 12.8 Å². The van der Waals surface area contributed by atoms with Crippen molar-refractivity contribution in [3.05, 3.63) is 22.6 Å². The normalized spacial score (nSPS) is 16.7. The molecule has 18 heavy (non-hydrogen) atoms. The van der Waals surface area contributed by atoms with Crippen LogP contribution in [0.1, 0.15) is 30.3 Å². The van der Waals surface area contributed by atoms with Crippen molar-refractivity contribution < 1.29 is 14.0 Å². The van der Waals surface area contributed by atoms with Crippen LogP contribution in [0.4, 0.5) is 0 Å². The third-order valence-corrected chi connectivity index (χ3v) is 3.50. The van der Waals surface area contributed by atoms with Crippen molar-refractivity contribution in [1.82, 2.24) is 10.2 Å². The Kier molecular flexibility index (Phi) is 4.06. The number of nitrogens with zero attached hydrogens (tertiary/aromatic N) is 1. The highest BCUT2D eigenvalue weighted by Gasteiger charge is 2.23. The van der Waals surface area contributed by atoms with E-state index in [1.807, 2.05) is 0 Å². The fraction of sp³-hybridized carbons (Fsp3) is 0.500. The first kappa shape index (κ1) is 13.1. The van der Waals surface area contributed by atoms with Crippen LogP contribution in [0.5, 0.6) is 0 Å². The van der Waals surface area contributed by atoms with E-state index >= 15 is 0 Å². The Balaban J connectivity index is 1.85. The average Bonchev–Trinajstić information content (AvgIpc) is 2.76. The van der Waals surface area contributed by atoms with Crippen LogP contribution in [0.15, 0.2) is 21.2 Å². The van der Waals surface area contributed by atoms with Crippen LogP contribution in [0, 0.1) is 0 Å². The van der Waals surface area contributed by atoms with E-state index in [0.29, 0.717) is 23.5 Å². The molecule has 0 aliphatic carbocycles. The number of carbonyl (C=O) groups excluding carboxylic acids is 2. The van der Waals surface area contributed by atoms with Crippen LogP contribution in [-0.2, 0) is 4.79 Å². The number of amides is 2. The highest BCUT2D eigenvalue weighted by molar-refractivity contribution is 9.10. The fourth-order valence-electron chi connectivity index (χ4n) is 2.03. The minimum atomic E-state index is -0.207. The third kappa shape index (κ3) is 3.13. The first-order valence-corrected chi connectivity index (χ1v) is 6.67. The maximum Gasteiger partial charge on any atom is 0.287 e. The molecule has 1 aromatic heterocycles. The van der Waals surface area contributed by atoms with E-state index in [9.17, 15) is 9.59 Å². The number of hydrogen-bond donors (Lipinski definition) is 1. The first-order valence-electron chi connectivity index (χ1n) is 5.88. The van der Waals surface area contributed by atoms with Crippen LogP contribution in [0.3, 0.4) is 0 Å². The first-order chi connectivity index (χ1) is 8.56. The molecular weight excluding hydrogens is 300 g/mol. The molecule has 1 saturated heterocycles. The number of hydrogen-bond acceptors (Lipinski definition) is 3. The predicted octanol–water partition coefficient (Wildman–Crippen LogP) is 1.78. The lowest BCUT2D eigenvalue weighted by atomic mass is 10.0. The Morgan fingerprint density at radius 1 is 1.39 bits per heavy atom. The molecule has 0 spiro atoms. The van der Waals surface area contributed by atoms with Crippen molar-refractivity contribution in [2.45, 2.75) is 25.8 Å². The second-order valence-electron chi connectivity index (χ2n) is 4.36. The van der Waals surface area contributed by atoms with Crippen molar-refractivity contribution in [2.24, 2.45) is 0 Å². The lowest BCUT2D eigenvalue weighted by Gasteiger charge is -2.31. The molecular formula is C12H15BrN2O3. The van der Waals surface area contributed by atoms with Gasteiger partial charge in [0.2, 0.25) is 5.91 Å². The van der Waals surface area contributed by atoms with Gasteiger partial charge in [-0.05, 0) is 40.9 Å². The molecule has 1 aliphatic rings. The monoisotopic (exact) mass is 314 g/mol. The number of carbonyl (C=O) groups is 2. The van der Waals surface area contributed by atoms with E-state index in [4.69, 9.17) is 4.42 Å². The van der Waals surface area contributed by atoms with Gasteiger partial charge in [-0.3, -0.25) is 9.59 Å². The number of nitrogens with one attached hydrogen (secondary N) is 1. The van der Waals surface area contributed by atoms with Gasteiger partial charge in [0.05, 0.1) is 0 Å². The van der Waals surface area contributed by atoms with Gasteiger partial charge in [-0.25, -0.2) is 0 Å². The van der Waals surface area contributed by atoms with Gasteiger partial charge in [-0.2, -0.15) is 0 Å². The molecule has 6 heteroatoms. The van der Waals surface area contributed by atoms with E-state index in [1.54, 1.807) is 24.0 Å². The molecule has 1 fully saturated rings. The minimum Gasteiger partial charge on any atom is -0.444 e. The van der Waals surface area contributed by atoms with Gasteiger partial charge in [-0.1, -0.05) is 0 Å². The van der Waals surface area contributed by atoms with Crippen LogP contribution in [-0.4, -0.2) is 35.8 Å². The number of halogens is 1. The van der Waals surface area contributed by atoms with E-state index in [-0.39, 0.29) is 17.9 Å². The lowest BCUT2D eigenvalue weighted by Crippen LogP contribution is -2.45. The second-order valence-corrected chi connectivity index (χ2v) is 5.14. The van der Waals surface area contributed by atoms with Gasteiger partial charge in [0.15, 0.2) is 10.4 Å². The zero-order valence-electron chi connectivity index (χ0n) is 10.1. The molecule has 2 heterocycles. The summed E-state index contributed by atoms with van der Waals surface area (Å²) in [5.41, 5.74) is 0. The summed E-state index contributed by atoms with van der Waals surface area (Å²) in [5.74, 6) is 0.188. The summed E-state index contributed by atoms with van der Waals surface area (Å²) in [7, 11) is 0. The standard InChI is InChI=1S/C12H15BrN2O3/c1-8(16)15-6-4-9(5-7-15)14-12(17)10-2-3-11(13)18-10/h2-3,9H,4-7H2,1H3,(H,14,17). The highest BCUT2D eigenvalue weighted by atomic mass is 79.9. The summed E-state index contributed by atoms with van der Waals surface area (Å²) >= 11 is 3.16. The molecule has 0 radical (unpaired) electrons. The van der Waals surface area contributed by atoms with Crippen molar-refractivity contribution in [3.8, 4) is 0 Å². The smallest absolute Gasteiger partial charge is 0.287 e. The molecule has 2 amide bonds. The second kappa shape index (κ2) is 5.56. The summed E-state index contributed by atoms with van der Waals surface area (Å²) < 4.78 is 5.73. The number of likely N-dealkylation sites (tertiary alicyclic amines) is 1. The minimum absolute atomic E-state index is 0.0924. The molecule has 5 nitrogen and oxygen atoms in total. The Morgan fingerprint density at radius 3 is 2.56 bits per heavy atom. The average molecular weight is 315 g/mol. The molecule has 0 atom stereocenters. The zero-order valence-corrected chi connectivity index (χ0v) is 11.7. The van der Waals surface area contributed by atoms with Gasteiger partial charge >= 0.3 is 0 Å². The van der Waals surface area contributed by atoms with Crippen LogP contribution in [0.2, 0.25) is 0 Å². The Labute approximate surface area is 114 Å². The molecule has 0 bridgehead atoms. The number of piperidine rings is 1. The Hall–Kier alpha value is -1.30. The Bertz CT molecular complexity index is 450. The maximum absolute atomic E-state index is 11.8. The van der Waals surface area contributed by atoms with Crippen LogP contribution < -0.4 is 5.32 Å². The van der Waals surface area contributed by atoms with Crippen molar-refractivity contribution in [3.63, 3.8) is 0 Å². The molecule has 1 N–H and O–H groups in total. The van der Waals surface area contributed by atoms with Crippen molar-refractivity contribution in [1.29, 1.82) is 0 Å². The van der Waals surface area contributed by atoms with Crippen molar-refractivity contribution in [2.75, 3.05) is 13.1 Å². The fourth-order valence-corrected chi connectivity index (χ4v) is 2.34. The largest absolute Gasteiger partial charge is 0.444 e. The topological polar surface area (TPSA) is 62.6 Å². The lowest BCUT2D eigenvalue weighted by molar-refractivity contribution is -0.129. The molecule has 0 aromatic carbocycles. The SMILES string of the molecule is CC(=O)N1CCC(NC(=O)c2ccc(Br)o2)CC1. The molecule has 0 unspecified atom stereocenters. The number of furan rings is 1. The predicted molar refractivity (Wildman–Crippen MR) is 69.2 cm³/mol. The third-order valence-electron chi connectivity index (χ3n) is 3.07. The van der Waals surface area contributed by atoms with Gasteiger partial charge in [0.1, 0.15) is 0 Å². The van der Waals surface area contributed by atoms with Gasteiger partial charge < -0.3 is 14.6 Å². The summed E-state index contributed by atoms with van der Waals surface area (Å²) in [6, 6.07) is 3.43. The summed E-state index contributed by atoms with van der Waals surface area (Å²) in [5, 5.41) is 2.92. The van der Waals surface area contributed by atoms with E-state index < -0.39 is 0 Å². The number of rotatable bonds is 2. The summed E-state index contributed by atoms with van der Waals surface area (Å²) in [6.45, 7) is 2.96. The molecule has 98 valence electrons. The van der Waals surface area contributed by atoms with Crippen LogP contribution >= 0.6 is 15.9 Å². The van der Waals surface area contributed by atoms with Crippen molar-refractivity contribution >= 4 is 27.7 Å². The summed E-state index contributed by atoms with van der Waals surface area (Å²) in [4.78, 5) is 24.8.